The second-order valence-corrected chi connectivity index (χ2v) is 7.90. The Labute approximate surface area is 173 Å². The molecular formula is C20H14ClF2N3O2S. The quantitative estimate of drug-likeness (QED) is 0.470. The summed E-state index contributed by atoms with van der Waals surface area (Å²) in [6.45, 7) is 0. The van der Waals surface area contributed by atoms with Gasteiger partial charge in [0.2, 0.25) is 5.91 Å². The van der Waals surface area contributed by atoms with Crippen LogP contribution in [-0.2, 0) is 10.5 Å². The van der Waals surface area contributed by atoms with Gasteiger partial charge in [0.25, 0.3) is 5.56 Å². The van der Waals surface area contributed by atoms with Crippen molar-refractivity contribution in [3.05, 3.63) is 86.2 Å². The van der Waals surface area contributed by atoms with Gasteiger partial charge in [-0.1, -0.05) is 47.6 Å². The van der Waals surface area contributed by atoms with Crippen LogP contribution in [0, 0.1) is 11.6 Å². The third-order valence-corrected chi connectivity index (χ3v) is 5.73. The largest absolute Gasteiger partial charge is 0.310 e. The van der Waals surface area contributed by atoms with Crippen molar-refractivity contribution in [3.8, 4) is 0 Å². The first-order valence-electron chi connectivity index (χ1n) is 8.67. The van der Waals surface area contributed by atoms with Crippen LogP contribution in [0.15, 0.2) is 52.4 Å². The summed E-state index contributed by atoms with van der Waals surface area (Å²) in [5.74, 6) is -2.89. The summed E-state index contributed by atoms with van der Waals surface area (Å²) < 4.78 is 28.0. The van der Waals surface area contributed by atoms with Gasteiger partial charge < -0.3 is 10.3 Å². The molecule has 0 bridgehead atoms. The molecule has 148 valence electrons. The summed E-state index contributed by atoms with van der Waals surface area (Å²) in [6.07, 6.45) is -0.173. The number of benzene rings is 2. The SMILES string of the molecule is O=C1C[C@H](c2cccc(F)c2F)c2c(nc(SCc3cccc(Cl)c3)[nH]c2=O)N1. The molecule has 29 heavy (non-hydrogen) atoms. The summed E-state index contributed by atoms with van der Waals surface area (Å²) in [4.78, 5) is 31.9. The van der Waals surface area contributed by atoms with Crippen LogP contribution < -0.4 is 10.9 Å². The van der Waals surface area contributed by atoms with E-state index in [1.54, 1.807) is 12.1 Å². The highest BCUT2D eigenvalue weighted by Gasteiger charge is 2.33. The fraction of sp³-hybridized carbons (Fsp3) is 0.150. The number of thioether (sulfide) groups is 1. The van der Waals surface area contributed by atoms with Crippen molar-refractivity contribution in [2.45, 2.75) is 23.2 Å². The average molecular weight is 434 g/mol. The van der Waals surface area contributed by atoms with Crippen LogP contribution >= 0.6 is 23.4 Å². The molecule has 1 atom stereocenters. The Morgan fingerprint density at radius 1 is 1.17 bits per heavy atom. The van der Waals surface area contributed by atoms with E-state index in [0.717, 1.165) is 11.6 Å². The molecule has 1 aliphatic heterocycles. The molecule has 0 radical (unpaired) electrons. The molecule has 3 aromatic rings. The Morgan fingerprint density at radius 3 is 2.76 bits per heavy atom. The van der Waals surface area contributed by atoms with Crippen molar-refractivity contribution in [2.75, 3.05) is 5.32 Å². The van der Waals surface area contributed by atoms with Gasteiger partial charge in [-0.3, -0.25) is 9.59 Å². The van der Waals surface area contributed by atoms with E-state index < -0.39 is 29.0 Å². The lowest BCUT2D eigenvalue weighted by atomic mass is 9.86. The van der Waals surface area contributed by atoms with E-state index in [0.29, 0.717) is 15.9 Å². The van der Waals surface area contributed by atoms with Gasteiger partial charge in [-0.05, 0) is 29.3 Å². The topological polar surface area (TPSA) is 74.8 Å². The Morgan fingerprint density at radius 2 is 1.97 bits per heavy atom. The molecule has 2 aromatic carbocycles. The third-order valence-electron chi connectivity index (χ3n) is 4.55. The number of hydrogen-bond donors (Lipinski definition) is 2. The number of hydrogen-bond acceptors (Lipinski definition) is 4. The zero-order valence-corrected chi connectivity index (χ0v) is 16.4. The van der Waals surface area contributed by atoms with E-state index in [-0.39, 0.29) is 23.4 Å². The van der Waals surface area contributed by atoms with Crippen LogP contribution in [0.25, 0.3) is 0 Å². The Hall–Kier alpha value is -2.71. The van der Waals surface area contributed by atoms with Crippen molar-refractivity contribution >= 4 is 35.1 Å². The van der Waals surface area contributed by atoms with Gasteiger partial charge in [-0.25, -0.2) is 13.8 Å². The van der Waals surface area contributed by atoms with E-state index in [4.69, 9.17) is 11.6 Å². The predicted octanol–water partition coefficient (Wildman–Crippen LogP) is 4.47. The van der Waals surface area contributed by atoms with E-state index in [1.165, 1.54) is 23.9 Å². The van der Waals surface area contributed by atoms with Gasteiger partial charge in [-0.2, -0.15) is 0 Å². The van der Waals surface area contributed by atoms with Crippen LogP contribution in [0.1, 0.15) is 29.0 Å². The summed E-state index contributed by atoms with van der Waals surface area (Å²) in [7, 11) is 0. The Kier molecular flexibility index (Phi) is 5.38. The van der Waals surface area contributed by atoms with Crippen LogP contribution in [0.4, 0.5) is 14.6 Å². The van der Waals surface area contributed by atoms with E-state index in [2.05, 4.69) is 15.3 Å². The molecule has 0 unspecified atom stereocenters. The molecule has 2 N–H and O–H groups in total. The molecule has 0 saturated heterocycles. The van der Waals surface area contributed by atoms with Gasteiger partial charge in [0.15, 0.2) is 16.8 Å². The maximum Gasteiger partial charge on any atom is 0.257 e. The highest BCUT2D eigenvalue weighted by atomic mass is 35.5. The molecule has 9 heteroatoms. The van der Waals surface area contributed by atoms with Crippen LogP contribution in [0.2, 0.25) is 5.02 Å². The van der Waals surface area contributed by atoms with Crippen LogP contribution in [0.5, 0.6) is 0 Å². The number of fused-ring (bicyclic) bond motifs is 1. The maximum absolute atomic E-state index is 14.3. The van der Waals surface area contributed by atoms with E-state index >= 15 is 0 Å². The van der Waals surface area contributed by atoms with Crippen molar-refractivity contribution in [1.29, 1.82) is 0 Å². The normalized spacial score (nSPS) is 15.7. The number of rotatable bonds is 4. The first kappa shape index (κ1) is 19.6. The van der Waals surface area contributed by atoms with E-state index in [1.807, 2.05) is 12.1 Å². The molecule has 0 aliphatic carbocycles. The fourth-order valence-corrected chi connectivity index (χ4v) is 4.27. The zero-order chi connectivity index (χ0) is 20.5. The summed E-state index contributed by atoms with van der Waals surface area (Å²) in [6, 6.07) is 11.0. The molecule has 0 spiro atoms. The van der Waals surface area contributed by atoms with Gasteiger partial charge in [0, 0.05) is 23.1 Å². The molecule has 1 amide bonds. The maximum atomic E-state index is 14.3. The third kappa shape index (κ3) is 4.04. The van der Waals surface area contributed by atoms with Crippen molar-refractivity contribution in [3.63, 3.8) is 0 Å². The lowest BCUT2D eigenvalue weighted by Crippen LogP contribution is -2.31. The van der Waals surface area contributed by atoms with Crippen LogP contribution in [-0.4, -0.2) is 15.9 Å². The minimum atomic E-state index is -1.07. The van der Waals surface area contributed by atoms with Gasteiger partial charge in [-0.15, -0.1) is 0 Å². The first-order chi connectivity index (χ1) is 13.9. The summed E-state index contributed by atoms with van der Waals surface area (Å²) >= 11 is 7.24. The number of carbonyl (C=O) groups is 1. The zero-order valence-electron chi connectivity index (χ0n) is 14.8. The van der Waals surface area contributed by atoms with Gasteiger partial charge in [0.05, 0.1) is 5.56 Å². The van der Waals surface area contributed by atoms with Crippen molar-refractivity contribution in [2.24, 2.45) is 0 Å². The van der Waals surface area contributed by atoms with Gasteiger partial charge >= 0.3 is 0 Å². The second-order valence-electron chi connectivity index (χ2n) is 6.50. The molecule has 0 fully saturated rings. The number of amides is 1. The second kappa shape index (κ2) is 7.96. The summed E-state index contributed by atoms with van der Waals surface area (Å²) in [5.41, 5.74) is 0.498. The standard InChI is InChI=1S/C20H14ClF2N3O2S/c21-11-4-1-3-10(7-11)9-29-20-25-18-16(19(28)26-20)13(8-15(27)24-18)12-5-2-6-14(22)17(12)23/h1-7,13H,8-9H2,(H2,24,25,26,27,28)/t13-/m1/s1. The number of aromatic amines is 1. The van der Waals surface area contributed by atoms with Crippen molar-refractivity contribution < 1.29 is 13.6 Å². The highest BCUT2D eigenvalue weighted by molar-refractivity contribution is 7.98. The molecule has 0 saturated carbocycles. The monoisotopic (exact) mass is 433 g/mol. The van der Waals surface area contributed by atoms with Gasteiger partial charge in [0.1, 0.15) is 5.82 Å². The first-order valence-corrected chi connectivity index (χ1v) is 10.0. The highest BCUT2D eigenvalue weighted by Crippen LogP contribution is 2.36. The predicted molar refractivity (Wildman–Crippen MR) is 107 cm³/mol. The number of nitrogens with one attached hydrogen (secondary N) is 2. The number of aromatic nitrogens is 2. The number of nitrogens with zero attached hydrogens (tertiary/aromatic N) is 1. The minimum Gasteiger partial charge on any atom is -0.310 e. The minimum absolute atomic E-state index is 0.0484. The van der Waals surface area contributed by atoms with E-state index in [9.17, 15) is 18.4 Å². The van der Waals surface area contributed by atoms with Crippen molar-refractivity contribution in [1.82, 2.24) is 9.97 Å². The molecular weight excluding hydrogens is 420 g/mol. The molecule has 5 nitrogen and oxygen atoms in total. The molecule has 4 rings (SSSR count). The smallest absolute Gasteiger partial charge is 0.257 e. The number of carbonyl (C=O) groups excluding carboxylic acids is 1. The Balaban J connectivity index is 1.69. The fourth-order valence-electron chi connectivity index (χ4n) is 3.25. The lowest BCUT2D eigenvalue weighted by Gasteiger charge is -2.24. The Bertz CT molecular complexity index is 1170. The number of anilines is 1. The van der Waals surface area contributed by atoms with Crippen LogP contribution in [0.3, 0.4) is 0 Å². The lowest BCUT2D eigenvalue weighted by molar-refractivity contribution is -0.116. The number of halogens is 3. The molecule has 1 aromatic heterocycles. The molecule has 2 heterocycles. The molecule has 1 aliphatic rings. The summed E-state index contributed by atoms with van der Waals surface area (Å²) in [5, 5.41) is 3.46. The number of H-pyrrole nitrogens is 1. The average Bonchev–Trinajstić information content (AvgIpc) is 2.67.